The quantitative estimate of drug-likeness (QED) is 0.266. The lowest BCUT2D eigenvalue weighted by Gasteiger charge is -2.41. The Balaban J connectivity index is 1.92. The molecule has 2 aliphatic heterocycles. The van der Waals surface area contributed by atoms with Crippen molar-refractivity contribution < 1.29 is 9.53 Å². The average molecular weight is 555 g/mol. The van der Waals surface area contributed by atoms with Gasteiger partial charge in [0.15, 0.2) is 5.82 Å². The van der Waals surface area contributed by atoms with Gasteiger partial charge in [-0.3, -0.25) is 14.7 Å². The third-order valence-corrected chi connectivity index (χ3v) is 8.20. The second-order valence-corrected chi connectivity index (χ2v) is 10.9. The van der Waals surface area contributed by atoms with Gasteiger partial charge in [-0.1, -0.05) is 50.6 Å². The van der Waals surface area contributed by atoms with Gasteiger partial charge < -0.3 is 19.4 Å². The number of aryl methyl sites for hydroxylation is 2. The van der Waals surface area contributed by atoms with E-state index in [0.717, 1.165) is 73.5 Å². The van der Waals surface area contributed by atoms with E-state index in [1.807, 2.05) is 13.1 Å². The number of aliphatic imine (C=N–C) groups is 1. The average Bonchev–Trinajstić information content (AvgIpc) is 2.95. The molecule has 3 heterocycles. The summed E-state index contributed by atoms with van der Waals surface area (Å²) < 4.78 is 5.92. The molecule has 9 heteroatoms. The fourth-order valence-electron chi connectivity index (χ4n) is 5.79. The Morgan fingerprint density at radius 2 is 1.90 bits per heavy atom. The highest BCUT2D eigenvalue weighted by Crippen LogP contribution is 2.38. The Labute approximate surface area is 238 Å². The normalized spacial score (nSPS) is 20.8. The van der Waals surface area contributed by atoms with Crippen LogP contribution in [-0.2, 0) is 22.4 Å². The van der Waals surface area contributed by atoms with E-state index in [-0.39, 0.29) is 12.1 Å². The standard InChI is InChI=1S/C30H43ClN6O2/c1-7-22-11-10-12-23(8-2)27(22)37(20-38)29-25(28(32-5)36-14-13-34(6)18-21(36)4)17-26(31)30(33-29)35-15-16-39-24(9-3)19-35/h10-12,17,20-21,24H,7-9,13-16,18-19H2,1-6H3. The molecule has 8 nitrogen and oxygen atoms in total. The minimum atomic E-state index is 0.119. The first-order chi connectivity index (χ1) is 18.9. The van der Waals surface area contributed by atoms with Gasteiger partial charge >= 0.3 is 0 Å². The molecule has 0 saturated carbocycles. The summed E-state index contributed by atoms with van der Waals surface area (Å²) in [5, 5.41) is 0.554. The second kappa shape index (κ2) is 13.1. The van der Waals surface area contributed by atoms with Gasteiger partial charge in [0.25, 0.3) is 0 Å². The zero-order chi connectivity index (χ0) is 28.1. The van der Waals surface area contributed by atoms with Crippen LogP contribution in [0.2, 0.25) is 5.02 Å². The monoisotopic (exact) mass is 554 g/mol. The maximum Gasteiger partial charge on any atom is 0.219 e. The number of aromatic nitrogens is 1. The van der Waals surface area contributed by atoms with Crippen molar-refractivity contribution in [3.8, 4) is 0 Å². The lowest BCUT2D eigenvalue weighted by Crippen LogP contribution is -2.53. The van der Waals surface area contributed by atoms with E-state index in [9.17, 15) is 4.79 Å². The summed E-state index contributed by atoms with van der Waals surface area (Å²) in [6.07, 6.45) is 3.53. The first kappa shape index (κ1) is 29.3. The van der Waals surface area contributed by atoms with Crippen LogP contribution in [0.4, 0.5) is 17.3 Å². The number of hydrogen-bond acceptors (Lipinski definition) is 6. The fourth-order valence-corrected chi connectivity index (χ4v) is 6.06. The highest BCUT2D eigenvalue weighted by atomic mass is 35.5. The molecular formula is C30H43ClN6O2. The molecule has 2 aromatic rings. The van der Waals surface area contributed by atoms with Crippen LogP contribution >= 0.6 is 11.6 Å². The van der Waals surface area contributed by atoms with Gasteiger partial charge in [0.1, 0.15) is 11.7 Å². The van der Waals surface area contributed by atoms with Crippen LogP contribution in [0, 0.1) is 0 Å². The minimum absolute atomic E-state index is 0.119. The number of pyridine rings is 1. The zero-order valence-corrected chi connectivity index (χ0v) is 25.0. The van der Waals surface area contributed by atoms with E-state index in [1.165, 1.54) is 0 Å². The number of hydrogen-bond donors (Lipinski definition) is 0. The number of nitrogens with zero attached hydrogens (tertiary/aromatic N) is 6. The van der Waals surface area contributed by atoms with Crippen molar-refractivity contribution in [3.05, 3.63) is 46.0 Å². The molecule has 0 radical (unpaired) electrons. The molecule has 0 spiro atoms. The van der Waals surface area contributed by atoms with Crippen molar-refractivity contribution in [1.29, 1.82) is 0 Å². The number of carbonyl (C=O) groups is 1. The van der Waals surface area contributed by atoms with Crippen LogP contribution < -0.4 is 9.80 Å². The predicted octanol–water partition coefficient (Wildman–Crippen LogP) is 4.78. The molecule has 0 N–H and O–H groups in total. The maximum atomic E-state index is 13.0. The molecule has 0 aliphatic carbocycles. The highest BCUT2D eigenvalue weighted by Gasteiger charge is 2.32. The van der Waals surface area contributed by atoms with E-state index in [2.05, 4.69) is 67.6 Å². The number of likely N-dealkylation sites (N-methyl/N-ethyl adjacent to an activating group) is 1. The van der Waals surface area contributed by atoms with Crippen molar-refractivity contribution in [2.75, 3.05) is 63.2 Å². The summed E-state index contributed by atoms with van der Waals surface area (Å²) in [5.74, 6) is 2.04. The Morgan fingerprint density at radius 1 is 1.18 bits per heavy atom. The van der Waals surface area contributed by atoms with Crippen molar-refractivity contribution >= 4 is 41.2 Å². The molecule has 39 heavy (non-hydrogen) atoms. The summed E-state index contributed by atoms with van der Waals surface area (Å²) >= 11 is 7.00. The number of amidine groups is 1. The molecule has 2 atom stereocenters. The van der Waals surface area contributed by atoms with Crippen LogP contribution in [0.3, 0.4) is 0 Å². The number of halogens is 1. The number of piperazine rings is 1. The van der Waals surface area contributed by atoms with E-state index in [0.29, 0.717) is 36.4 Å². The molecule has 212 valence electrons. The van der Waals surface area contributed by atoms with E-state index in [1.54, 1.807) is 4.90 Å². The lowest BCUT2D eigenvalue weighted by atomic mass is 10.0. The van der Waals surface area contributed by atoms with Gasteiger partial charge in [-0.05, 0) is 50.4 Å². The Morgan fingerprint density at radius 3 is 2.49 bits per heavy atom. The van der Waals surface area contributed by atoms with Crippen LogP contribution in [0.1, 0.15) is 50.8 Å². The Bertz CT molecular complexity index is 1170. The molecular weight excluding hydrogens is 512 g/mol. The van der Waals surface area contributed by atoms with Gasteiger partial charge in [0.2, 0.25) is 6.41 Å². The molecule has 2 saturated heterocycles. The zero-order valence-electron chi connectivity index (χ0n) is 24.3. The molecule has 2 unspecified atom stereocenters. The Hall–Kier alpha value is -2.68. The van der Waals surface area contributed by atoms with Crippen molar-refractivity contribution in [1.82, 2.24) is 14.8 Å². The molecule has 1 amide bonds. The van der Waals surface area contributed by atoms with Gasteiger partial charge in [0, 0.05) is 45.8 Å². The number of anilines is 3. The van der Waals surface area contributed by atoms with Crippen LogP contribution in [-0.4, -0.2) is 92.6 Å². The molecule has 2 fully saturated rings. The molecule has 1 aromatic heterocycles. The minimum Gasteiger partial charge on any atom is -0.375 e. The second-order valence-electron chi connectivity index (χ2n) is 10.5. The molecule has 0 bridgehead atoms. The predicted molar refractivity (Wildman–Crippen MR) is 161 cm³/mol. The fraction of sp³-hybridized carbons (Fsp3) is 0.567. The number of ether oxygens (including phenoxy) is 1. The van der Waals surface area contributed by atoms with Gasteiger partial charge in [-0.2, -0.15) is 0 Å². The van der Waals surface area contributed by atoms with Crippen molar-refractivity contribution in [2.45, 2.75) is 59.1 Å². The third-order valence-electron chi connectivity index (χ3n) is 7.93. The van der Waals surface area contributed by atoms with Crippen LogP contribution in [0.15, 0.2) is 29.3 Å². The number of para-hydroxylation sites is 1. The van der Waals surface area contributed by atoms with Gasteiger partial charge in [-0.25, -0.2) is 4.98 Å². The van der Waals surface area contributed by atoms with Crippen LogP contribution in [0.5, 0.6) is 0 Å². The first-order valence-corrected chi connectivity index (χ1v) is 14.6. The third kappa shape index (κ3) is 6.08. The summed E-state index contributed by atoms with van der Waals surface area (Å²) in [7, 11) is 3.95. The first-order valence-electron chi connectivity index (χ1n) is 14.2. The summed E-state index contributed by atoms with van der Waals surface area (Å²) in [4.78, 5) is 31.5. The van der Waals surface area contributed by atoms with Crippen LogP contribution in [0.25, 0.3) is 0 Å². The van der Waals surface area contributed by atoms with E-state index >= 15 is 0 Å². The largest absolute Gasteiger partial charge is 0.375 e. The highest BCUT2D eigenvalue weighted by molar-refractivity contribution is 6.33. The molecule has 4 rings (SSSR count). The van der Waals surface area contributed by atoms with Crippen molar-refractivity contribution in [3.63, 3.8) is 0 Å². The summed E-state index contributed by atoms with van der Waals surface area (Å²) in [5.41, 5.74) is 3.87. The Kier molecular flexibility index (Phi) is 9.86. The number of morpholine rings is 1. The smallest absolute Gasteiger partial charge is 0.219 e. The lowest BCUT2D eigenvalue weighted by molar-refractivity contribution is -0.106. The van der Waals surface area contributed by atoms with E-state index < -0.39 is 0 Å². The molecule has 2 aliphatic rings. The van der Waals surface area contributed by atoms with Gasteiger partial charge in [0.05, 0.1) is 29.0 Å². The summed E-state index contributed by atoms with van der Waals surface area (Å²) in [6, 6.07) is 8.45. The number of amides is 1. The van der Waals surface area contributed by atoms with Gasteiger partial charge in [-0.15, -0.1) is 0 Å². The topological polar surface area (TPSA) is 64.5 Å². The van der Waals surface area contributed by atoms with Crippen molar-refractivity contribution in [2.24, 2.45) is 4.99 Å². The molecule has 1 aromatic carbocycles. The number of benzene rings is 1. The number of rotatable bonds is 8. The summed E-state index contributed by atoms with van der Waals surface area (Å²) in [6.45, 7) is 13.3. The number of carbonyl (C=O) groups excluding carboxylic acids is 1. The maximum absolute atomic E-state index is 13.0. The van der Waals surface area contributed by atoms with E-state index in [4.69, 9.17) is 26.3 Å². The SMILES string of the molecule is CCc1cccc(CC)c1N(C=O)c1nc(N2CCOC(CC)C2)c(Cl)cc1C(=NC)N1CCN(C)CC1C.